The minimum atomic E-state index is -3.67. The number of fused-ring (bicyclic) bond motifs is 1. The third-order valence-electron chi connectivity index (χ3n) is 6.79. The van der Waals surface area contributed by atoms with E-state index in [0.29, 0.717) is 36.0 Å². The minimum absolute atomic E-state index is 0.219. The normalized spacial score (nSPS) is 15.6. The van der Waals surface area contributed by atoms with Crippen LogP contribution in [0, 0.1) is 26.7 Å². The van der Waals surface area contributed by atoms with E-state index in [4.69, 9.17) is 0 Å². The number of rotatable bonds is 5. The van der Waals surface area contributed by atoms with E-state index < -0.39 is 10.0 Å². The predicted molar refractivity (Wildman–Crippen MR) is 133 cm³/mol. The zero-order chi connectivity index (χ0) is 24.6. The van der Waals surface area contributed by atoms with Gasteiger partial charge in [-0.05, 0) is 68.9 Å². The molecule has 1 amide bonds. The maximum absolute atomic E-state index is 13.4. The third-order valence-corrected chi connectivity index (χ3v) is 8.82. The highest BCUT2D eigenvalue weighted by Crippen LogP contribution is 2.28. The second kappa shape index (κ2) is 9.43. The van der Waals surface area contributed by atoms with Gasteiger partial charge in [-0.25, -0.2) is 18.4 Å². The van der Waals surface area contributed by atoms with Gasteiger partial charge in [0.2, 0.25) is 10.0 Å². The van der Waals surface area contributed by atoms with E-state index in [-0.39, 0.29) is 17.3 Å². The van der Waals surface area contributed by atoms with Gasteiger partial charge in [0.25, 0.3) is 5.91 Å². The molecule has 1 aliphatic heterocycles. The van der Waals surface area contributed by atoms with Crippen LogP contribution in [0.1, 0.15) is 52.8 Å². The summed E-state index contributed by atoms with van der Waals surface area (Å²) in [6.45, 7) is 8.98. The quantitative estimate of drug-likeness (QED) is 0.545. The first-order chi connectivity index (χ1) is 16.1. The van der Waals surface area contributed by atoms with Crippen LogP contribution in [0.3, 0.4) is 0 Å². The number of hydrogen-bond acceptors (Lipinski definition) is 5. The van der Waals surface area contributed by atoms with Gasteiger partial charge >= 0.3 is 0 Å². The molecule has 7 nitrogen and oxygen atoms in total. The molecule has 0 bridgehead atoms. The Morgan fingerprint density at radius 2 is 1.76 bits per heavy atom. The first kappa shape index (κ1) is 24.3. The van der Waals surface area contributed by atoms with Crippen molar-refractivity contribution < 1.29 is 13.2 Å². The van der Waals surface area contributed by atoms with Crippen molar-refractivity contribution in [1.29, 1.82) is 0 Å². The van der Waals surface area contributed by atoms with Crippen molar-refractivity contribution in [2.45, 2.75) is 52.0 Å². The van der Waals surface area contributed by atoms with Crippen LogP contribution in [0.15, 0.2) is 41.3 Å². The molecule has 0 radical (unpaired) electrons. The van der Waals surface area contributed by atoms with Gasteiger partial charge in [-0.1, -0.05) is 25.1 Å². The van der Waals surface area contributed by atoms with Crippen LogP contribution in [0.25, 0.3) is 10.9 Å². The minimum Gasteiger partial charge on any atom is -0.334 e. The number of benzene rings is 2. The summed E-state index contributed by atoms with van der Waals surface area (Å²) < 4.78 is 28.4. The monoisotopic (exact) mass is 480 g/mol. The molecule has 1 saturated heterocycles. The Kier molecular flexibility index (Phi) is 6.73. The number of aromatic nitrogens is 2. The Morgan fingerprint density at radius 1 is 1.09 bits per heavy atom. The maximum atomic E-state index is 13.4. The highest BCUT2D eigenvalue weighted by Gasteiger charge is 2.31. The SMILES string of the molecule is Cc1cc(C(=O)N(C)Cc2nc(C)c3ccccc3n2)cc(S(=O)(=O)N2CCC(C)CC2)c1C. The van der Waals surface area contributed by atoms with E-state index in [1.165, 1.54) is 11.0 Å². The summed E-state index contributed by atoms with van der Waals surface area (Å²) in [4.78, 5) is 24.2. The molecule has 4 rings (SSSR count). The van der Waals surface area contributed by atoms with Gasteiger partial charge in [0.05, 0.1) is 17.0 Å². The summed E-state index contributed by atoms with van der Waals surface area (Å²) in [6, 6.07) is 11.1. The molecule has 34 heavy (non-hydrogen) atoms. The molecule has 0 unspecified atom stereocenters. The molecule has 3 aromatic rings. The standard InChI is InChI=1S/C26H32N4O3S/c1-17-10-12-30(13-11-17)34(32,33)24-15-21(14-18(2)19(24)3)26(31)29(5)16-25-27-20(4)22-8-6-7-9-23(22)28-25/h6-9,14-15,17H,10-13,16H2,1-5H3. The zero-order valence-corrected chi connectivity index (χ0v) is 21.3. The first-order valence-electron chi connectivity index (χ1n) is 11.7. The average molecular weight is 481 g/mol. The van der Waals surface area contributed by atoms with Crippen molar-refractivity contribution >= 4 is 26.8 Å². The number of aryl methyl sites for hydroxylation is 2. The fraction of sp³-hybridized carbons (Fsp3) is 0.423. The molecule has 0 aliphatic carbocycles. The second-order valence-corrected chi connectivity index (χ2v) is 11.3. The second-order valence-electron chi connectivity index (χ2n) is 9.41. The van der Waals surface area contributed by atoms with Crippen LogP contribution in [-0.4, -0.2) is 53.6 Å². The molecule has 2 aromatic carbocycles. The number of carbonyl (C=O) groups is 1. The summed E-state index contributed by atoms with van der Waals surface area (Å²) in [5.74, 6) is 0.809. The third kappa shape index (κ3) is 4.70. The van der Waals surface area contributed by atoms with E-state index in [9.17, 15) is 13.2 Å². The van der Waals surface area contributed by atoms with Crippen LogP contribution in [0.4, 0.5) is 0 Å². The Balaban J connectivity index is 1.62. The van der Waals surface area contributed by atoms with Crippen LogP contribution in [0.5, 0.6) is 0 Å². The fourth-order valence-electron chi connectivity index (χ4n) is 4.45. The highest BCUT2D eigenvalue weighted by atomic mass is 32.2. The van der Waals surface area contributed by atoms with Gasteiger partial charge in [-0.3, -0.25) is 4.79 Å². The molecule has 1 fully saturated rings. The number of hydrogen-bond donors (Lipinski definition) is 0. The van der Waals surface area contributed by atoms with Gasteiger partial charge in [0.1, 0.15) is 5.82 Å². The maximum Gasteiger partial charge on any atom is 0.254 e. The smallest absolute Gasteiger partial charge is 0.254 e. The predicted octanol–water partition coefficient (Wildman–Crippen LogP) is 4.25. The Morgan fingerprint density at radius 3 is 2.47 bits per heavy atom. The van der Waals surface area contributed by atoms with E-state index >= 15 is 0 Å². The number of sulfonamides is 1. The lowest BCUT2D eigenvalue weighted by Gasteiger charge is -2.30. The number of amides is 1. The summed E-state index contributed by atoms with van der Waals surface area (Å²) in [5.41, 5.74) is 3.51. The lowest BCUT2D eigenvalue weighted by molar-refractivity contribution is 0.0781. The number of nitrogens with zero attached hydrogens (tertiary/aromatic N) is 4. The van der Waals surface area contributed by atoms with Crippen molar-refractivity contribution in [2.75, 3.05) is 20.1 Å². The molecule has 8 heteroatoms. The van der Waals surface area contributed by atoms with Crippen LogP contribution in [-0.2, 0) is 16.6 Å². The molecule has 0 spiro atoms. The Bertz CT molecular complexity index is 1350. The summed E-state index contributed by atoms with van der Waals surface area (Å²) in [6.07, 6.45) is 1.70. The highest BCUT2D eigenvalue weighted by molar-refractivity contribution is 7.89. The lowest BCUT2D eigenvalue weighted by atomic mass is 10.0. The summed E-state index contributed by atoms with van der Waals surface area (Å²) in [7, 11) is -1.99. The van der Waals surface area contributed by atoms with Gasteiger partial charge < -0.3 is 4.90 Å². The molecular weight excluding hydrogens is 448 g/mol. The van der Waals surface area contributed by atoms with Crippen molar-refractivity contribution in [3.63, 3.8) is 0 Å². The van der Waals surface area contributed by atoms with Gasteiger partial charge in [-0.15, -0.1) is 0 Å². The Labute approximate surface area is 201 Å². The van der Waals surface area contributed by atoms with E-state index in [2.05, 4.69) is 16.9 Å². The lowest BCUT2D eigenvalue weighted by Crippen LogP contribution is -2.38. The van der Waals surface area contributed by atoms with Gasteiger partial charge in [0.15, 0.2) is 0 Å². The van der Waals surface area contributed by atoms with Crippen molar-refractivity contribution in [3.05, 3.63) is 64.6 Å². The van der Waals surface area contributed by atoms with E-state index in [1.54, 1.807) is 24.3 Å². The van der Waals surface area contributed by atoms with E-state index in [1.807, 2.05) is 38.1 Å². The molecule has 2 heterocycles. The van der Waals surface area contributed by atoms with Crippen LogP contribution < -0.4 is 0 Å². The molecule has 0 atom stereocenters. The molecule has 0 N–H and O–H groups in total. The fourth-order valence-corrected chi connectivity index (χ4v) is 6.25. The van der Waals surface area contributed by atoms with E-state index in [0.717, 1.165) is 35.0 Å². The van der Waals surface area contributed by atoms with Crippen molar-refractivity contribution in [2.24, 2.45) is 5.92 Å². The average Bonchev–Trinajstić information content (AvgIpc) is 2.80. The number of para-hydroxylation sites is 1. The molecule has 1 aromatic heterocycles. The molecular formula is C26H32N4O3S. The van der Waals surface area contributed by atoms with Crippen LogP contribution >= 0.6 is 0 Å². The van der Waals surface area contributed by atoms with Gasteiger partial charge in [-0.2, -0.15) is 4.31 Å². The first-order valence-corrected chi connectivity index (χ1v) is 13.1. The molecule has 0 saturated carbocycles. The molecule has 1 aliphatic rings. The number of carbonyl (C=O) groups excluding carboxylic acids is 1. The summed E-state index contributed by atoms with van der Waals surface area (Å²) in [5, 5.41) is 0.983. The topological polar surface area (TPSA) is 83.5 Å². The van der Waals surface area contributed by atoms with Crippen LogP contribution in [0.2, 0.25) is 0 Å². The number of piperidine rings is 1. The molecule has 180 valence electrons. The zero-order valence-electron chi connectivity index (χ0n) is 20.5. The largest absolute Gasteiger partial charge is 0.334 e. The Hall–Kier alpha value is -2.84. The summed E-state index contributed by atoms with van der Waals surface area (Å²) >= 11 is 0. The van der Waals surface area contributed by atoms with Crippen molar-refractivity contribution in [1.82, 2.24) is 19.2 Å². The van der Waals surface area contributed by atoms with Gasteiger partial charge in [0, 0.05) is 36.8 Å². The van der Waals surface area contributed by atoms with Crippen molar-refractivity contribution in [3.8, 4) is 0 Å².